The fourth-order valence-corrected chi connectivity index (χ4v) is 1.38. The molecule has 7 heteroatoms. The van der Waals surface area contributed by atoms with Gasteiger partial charge in [-0.15, -0.1) is 0 Å². The van der Waals surface area contributed by atoms with Crippen LogP contribution >= 0.6 is 0 Å². The Morgan fingerprint density at radius 3 is 2.78 bits per heavy atom. The molecule has 0 radical (unpaired) electrons. The second kappa shape index (κ2) is 5.95. The van der Waals surface area contributed by atoms with Gasteiger partial charge in [-0.05, 0) is 12.5 Å². The van der Waals surface area contributed by atoms with Gasteiger partial charge in [0.05, 0.1) is 4.92 Å². The Morgan fingerprint density at radius 1 is 1.61 bits per heavy atom. The van der Waals surface area contributed by atoms with Gasteiger partial charge >= 0.3 is 11.7 Å². The van der Waals surface area contributed by atoms with Crippen LogP contribution in [-0.2, 0) is 4.79 Å². The van der Waals surface area contributed by atoms with Crippen molar-refractivity contribution in [3.8, 4) is 5.75 Å². The Labute approximate surface area is 102 Å². The van der Waals surface area contributed by atoms with E-state index in [1.54, 1.807) is 6.92 Å². The van der Waals surface area contributed by atoms with E-state index in [0.717, 1.165) is 18.2 Å². The molecular weight excluding hydrogens is 245 g/mol. The molecule has 0 aromatic heterocycles. The summed E-state index contributed by atoms with van der Waals surface area (Å²) in [7, 11) is 0. The molecular formula is C11H12FNO5. The van der Waals surface area contributed by atoms with Crippen LogP contribution < -0.4 is 4.74 Å². The first kappa shape index (κ1) is 13.9. The highest BCUT2D eigenvalue weighted by Crippen LogP contribution is 2.29. The average Bonchev–Trinajstić information content (AvgIpc) is 2.28. The van der Waals surface area contributed by atoms with Crippen molar-refractivity contribution in [2.24, 2.45) is 0 Å². The number of halogens is 1. The highest BCUT2D eigenvalue weighted by atomic mass is 19.1. The van der Waals surface area contributed by atoms with E-state index in [0.29, 0.717) is 6.42 Å². The Balaban J connectivity index is 3.03. The minimum Gasteiger partial charge on any atom is -0.479 e. The number of benzene rings is 1. The number of carboxylic acid groups (broad SMARTS) is 1. The lowest BCUT2D eigenvalue weighted by molar-refractivity contribution is -0.386. The molecule has 98 valence electrons. The number of nitrogens with zero attached hydrogens (tertiary/aromatic N) is 1. The number of aliphatic carboxylic acids is 1. The van der Waals surface area contributed by atoms with Crippen molar-refractivity contribution in [1.29, 1.82) is 0 Å². The summed E-state index contributed by atoms with van der Waals surface area (Å²) in [6.07, 6.45) is -0.515. The van der Waals surface area contributed by atoms with Crippen molar-refractivity contribution in [3.05, 3.63) is 34.1 Å². The predicted octanol–water partition coefficient (Wildman–Crippen LogP) is 2.37. The van der Waals surface area contributed by atoms with Crippen LogP contribution in [0.4, 0.5) is 10.1 Å². The number of hydrogen-bond acceptors (Lipinski definition) is 4. The van der Waals surface area contributed by atoms with E-state index in [2.05, 4.69) is 0 Å². The fourth-order valence-electron chi connectivity index (χ4n) is 1.38. The molecule has 1 rings (SSSR count). The third-order valence-electron chi connectivity index (χ3n) is 2.21. The van der Waals surface area contributed by atoms with E-state index in [9.17, 15) is 19.3 Å². The summed E-state index contributed by atoms with van der Waals surface area (Å²) in [6, 6.07) is 2.67. The summed E-state index contributed by atoms with van der Waals surface area (Å²) >= 11 is 0. The Bertz CT molecular complexity index is 463. The Hall–Kier alpha value is -2.18. The third kappa shape index (κ3) is 3.41. The molecule has 0 aliphatic heterocycles. The molecule has 0 amide bonds. The van der Waals surface area contributed by atoms with E-state index < -0.39 is 28.5 Å². The number of carboxylic acids is 1. The lowest BCUT2D eigenvalue weighted by Gasteiger charge is -2.14. The first-order valence-corrected chi connectivity index (χ1v) is 5.29. The van der Waals surface area contributed by atoms with Gasteiger partial charge in [-0.1, -0.05) is 13.3 Å². The first-order valence-electron chi connectivity index (χ1n) is 5.29. The normalized spacial score (nSPS) is 11.9. The van der Waals surface area contributed by atoms with Crippen LogP contribution in [0.1, 0.15) is 19.8 Å². The van der Waals surface area contributed by atoms with Gasteiger partial charge < -0.3 is 9.84 Å². The number of rotatable bonds is 6. The van der Waals surface area contributed by atoms with Crippen LogP contribution in [0.25, 0.3) is 0 Å². The molecule has 1 unspecified atom stereocenters. The van der Waals surface area contributed by atoms with Crippen molar-refractivity contribution in [2.75, 3.05) is 0 Å². The van der Waals surface area contributed by atoms with E-state index >= 15 is 0 Å². The molecule has 1 N–H and O–H groups in total. The maximum Gasteiger partial charge on any atom is 0.344 e. The summed E-state index contributed by atoms with van der Waals surface area (Å²) in [5.41, 5.74) is -0.459. The topological polar surface area (TPSA) is 89.7 Å². The van der Waals surface area contributed by atoms with E-state index in [1.165, 1.54) is 0 Å². The van der Waals surface area contributed by atoms with Gasteiger partial charge in [0.15, 0.2) is 6.10 Å². The van der Waals surface area contributed by atoms with Crippen LogP contribution in [0.2, 0.25) is 0 Å². The van der Waals surface area contributed by atoms with Crippen molar-refractivity contribution in [3.63, 3.8) is 0 Å². The summed E-state index contributed by atoms with van der Waals surface area (Å²) < 4.78 is 18.0. The van der Waals surface area contributed by atoms with E-state index in [1.807, 2.05) is 0 Å². The second-order valence-electron chi connectivity index (χ2n) is 3.60. The summed E-state index contributed by atoms with van der Waals surface area (Å²) in [5, 5.41) is 19.6. The summed E-state index contributed by atoms with van der Waals surface area (Å²) in [6.45, 7) is 1.75. The SMILES string of the molecule is CCCC(Oc1cc(F)ccc1[N+](=O)[O-])C(=O)O. The number of hydrogen-bond donors (Lipinski definition) is 1. The molecule has 1 atom stereocenters. The molecule has 0 spiro atoms. The van der Waals surface area contributed by atoms with E-state index in [4.69, 9.17) is 9.84 Å². The van der Waals surface area contributed by atoms with Gasteiger partial charge in [-0.25, -0.2) is 9.18 Å². The average molecular weight is 257 g/mol. The van der Waals surface area contributed by atoms with Gasteiger partial charge in [-0.3, -0.25) is 10.1 Å². The number of nitro groups is 1. The largest absolute Gasteiger partial charge is 0.479 e. The number of ether oxygens (including phenoxy) is 1. The molecule has 0 fully saturated rings. The number of nitro benzene ring substituents is 1. The van der Waals surface area contributed by atoms with Gasteiger partial charge in [-0.2, -0.15) is 0 Å². The second-order valence-corrected chi connectivity index (χ2v) is 3.60. The molecule has 0 heterocycles. The van der Waals surface area contributed by atoms with Crippen LogP contribution in [0.3, 0.4) is 0 Å². The Kier molecular flexibility index (Phi) is 4.59. The van der Waals surface area contributed by atoms with Gasteiger partial charge in [0.1, 0.15) is 5.82 Å². The minimum atomic E-state index is -1.24. The molecule has 6 nitrogen and oxygen atoms in total. The molecule has 18 heavy (non-hydrogen) atoms. The molecule has 0 aliphatic rings. The van der Waals surface area contributed by atoms with Crippen LogP contribution in [-0.4, -0.2) is 22.1 Å². The maximum atomic E-state index is 13.0. The van der Waals surface area contributed by atoms with Crippen molar-refractivity contribution < 1.29 is 24.0 Å². The standard InChI is InChI=1S/C11H12FNO5/c1-2-3-9(11(14)15)18-10-6-7(12)4-5-8(10)13(16)17/h4-6,9H,2-3H2,1H3,(H,14,15). The van der Waals surface area contributed by atoms with Crippen molar-refractivity contribution in [1.82, 2.24) is 0 Å². The summed E-state index contributed by atoms with van der Waals surface area (Å²) in [4.78, 5) is 20.8. The van der Waals surface area contributed by atoms with Gasteiger partial charge in [0.2, 0.25) is 5.75 Å². The quantitative estimate of drug-likeness (QED) is 0.624. The number of carbonyl (C=O) groups is 1. The van der Waals surface area contributed by atoms with Gasteiger partial charge in [0.25, 0.3) is 0 Å². The molecule has 0 saturated heterocycles. The van der Waals surface area contributed by atoms with Crippen LogP contribution in [0.15, 0.2) is 18.2 Å². The highest BCUT2D eigenvalue weighted by Gasteiger charge is 2.23. The molecule has 0 aliphatic carbocycles. The Morgan fingerprint density at radius 2 is 2.28 bits per heavy atom. The van der Waals surface area contributed by atoms with Crippen LogP contribution in [0, 0.1) is 15.9 Å². The first-order chi connectivity index (χ1) is 8.45. The smallest absolute Gasteiger partial charge is 0.344 e. The third-order valence-corrected chi connectivity index (χ3v) is 2.21. The van der Waals surface area contributed by atoms with Crippen LogP contribution in [0.5, 0.6) is 5.75 Å². The zero-order chi connectivity index (χ0) is 13.7. The van der Waals surface area contributed by atoms with Crippen molar-refractivity contribution in [2.45, 2.75) is 25.9 Å². The van der Waals surface area contributed by atoms with Gasteiger partial charge in [0, 0.05) is 12.1 Å². The lowest BCUT2D eigenvalue weighted by Crippen LogP contribution is -2.27. The maximum absolute atomic E-state index is 13.0. The highest BCUT2D eigenvalue weighted by molar-refractivity contribution is 5.73. The van der Waals surface area contributed by atoms with Crippen molar-refractivity contribution >= 4 is 11.7 Å². The lowest BCUT2D eigenvalue weighted by atomic mass is 10.2. The predicted molar refractivity (Wildman–Crippen MR) is 60.0 cm³/mol. The minimum absolute atomic E-state index is 0.184. The molecule has 1 aromatic rings. The van der Waals surface area contributed by atoms with E-state index in [-0.39, 0.29) is 12.2 Å². The molecule has 0 bridgehead atoms. The zero-order valence-electron chi connectivity index (χ0n) is 9.63. The molecule has 0 saturated carbocycles. The summed E-state index contributed by atoms with van der Waals surface area (Å²) in [5.74, 6) is -2.34. The monoisotopic (exact) mass is 257 g/mol. The molecule has 1 aromatic carbocycles. The zero-order valence-corrected chi connectivity index (χ0v) is 9.63. The fraction of sp³-hybridized carbons (Fsp3) is 0.364.